The molecule has 118 valence electrons. The highest BCUT2D eigenvalue weighted by atomic mass is 16.5. The van der Waals surface area contributed by atoms with Gasteiger partial charge in [0.15, 0.2) is 0 Å². The van der Waals surface area contributed by atoms with Crippen LogP contribution in [0.1, 0.15) is 39.0 Å². The summed E-state index contributed by atoms with van der Waals surface area (Å²) in [5.41, 5.74) is -0.934. The third kappa shape index (κ3) is 2.82. The number of amides is 2. The standard InChI is InChI=1S/C14H22N2O5/c1-14(12(18)19)7-3-6-10(14)15-13(20)16-8-4-5-9(16)11(17)21-2/h9-10H,3-8H2,1-2H3,(H,15,20)(H,18,19). The molecule has 21 heavy (non-hydrogen) atoms. The summed E-state index contributed by atoms with van der Waals surface area (Å²) in [7, 11) is 1.30. The second kappa shape index (κ2) is 5.91. The minimum absolute atomic E-state index is 0.373. The Hall–Kier alpha value is -1.79. The predicted octanol–water partition coefficient (Wildman–Crippen LogP) is 0.977. The Morgan fingerprint density at radius 3 is 2.62 bits per heavy atom. The summed E-state index contributed by atoms with van der Waals surface area (Å²) in [5, 5.41) is 12.2. The molecule has 0 spiro atoms. The molecule has 7 heteroatoms. The summed E-state index contributed by atoms with van der Waals surface area (Å²) in [5.74, 6) is -1.31. The topological polar surface area (TPSA) is 95.9 Å². The summed E-state index contributed by atoms with van der Waals surface area (Å²) in [4.78, 5) is 36.9. The van der Waals surface area contributed by atoms with Gasteiger partial charge in [-0.3, -0.25) is 4.79 Å². The van der Waals surface area contributed by atoms with Crippen molar-refractivity contribution in [1.82, 2.24) is 10.2 Å². The van der Waals surface area contributed by atoms with E-state index in [4.69, 9.17) is 4.74 Å². The Labute approximate surface area is 123 Å². The van der Waals surface area contributed by atoms with Crippen molar-refractivity contribution in [2.24, 2.45) is 5.41 Å². The molecular formula is C14H22N2O5. The largest absolute Gasteiger partial charge is 0.481 e. The van der Waals surface area contributed by atoms with Crippen LogP contribution in [0.25, 0.3) is 0 Å². The lowest BCUT2D eigenvalue weighted by Crippen LogP contribution is -2.53. The van der Waals surface area contributed by atoms with Gasteiger partial charge in [-0.25, -0.2) is 9.59 Å². The molecule has 1 saturated heterocycles. The summed E-state index contributed by atoms with van der Waals surface area (Å²) in [6.07, 6.45) is 3.29. The number of nitrogens with one attached hydrogen (secondary N) is 1. The number of hydrogen-bond acceptors (Lipinski definition) is 4. The first-order valence-corrected chi connectivity index (χ1v) is 7.28. The molecule has 0 aromatic carbocycles. The summed E-state index contributed by atoms with van der Waals surface area (Å²) in [6, 6.07) is -1.34. The Morgan fingerprint density at radius 1 is 1.29 bits per heavy atom. The number of methoxy groups -OCH3 is 1. The van der Waals surface area contributed by atoms with Crippen LogP contribution in [-0.2, 0) is 14.3 Å². The number of ether oxygens (including phenoxy) is 1. The van der Waals surface area contributed by atoms with E-state index in [9.17, 15) is 19.5 Å². The van der Waals surface area contributed by atoms with Crippen LogP contribution in [0.5, 0.6) is 0 Å². The minimum Gasteiger partial charge on any atom is -0.481 e. The van der Waals surface area contributed by atoms with Crippen molar-refractivity contribution < 1.29 is 24.2 Å². The van der Waals surface area contributed by atoms with Crippen LogP contribution < -0.4 is 5.32 Å². The lowest BCUT2D eigenvalue weighted by atomic mass is 9.85. The van der Waals surface area contributed by atoms with E-state index in [1.54, 1.807) is 6.92 Å². The van der Waals surface area contributed by atoms with Gasteiger partial charge in [0.05, 0.1) is 12.5 Å². The molecule has 1 heterocycles. The van der Waals surface area contributed by atoms with Crippen LogP contribution in [0.15, 0.2) is 0 Å². The number of carboxylic acids is 1. The quantitative estimate of drug-likeness (QED) is 0.757. The van der Waals surface area contributed by atoms with E-state index < -0.39 is 29.4 Å². The molecule has 2 rings (SSSR count). The molecule has 0 aromatic heterocycles. The molecule has 0 radical (unpaired) electrons. The van der Waals surface area contributed by atoms with Gasteiger partial charge in [-0.15, -0.1) is 0 Å². The van der Waals surface area contributed by atoms with Gasteiger partial charge in [0.1, 0.15) is 6.04 Å². The first-order chi connectivity index (χ1) is 9.90. The number of hydrogen-bond donors (Lipinski definition) is 2. The molecule has 2 aliphatic rings. The van der Waals surface area contributed by atoms with Gasteiger partial charge in [0.2, 0.25) is 0 Å². The van der Waals surface area contributed by atoms with E-state index in [0.717, 1.165) is 12.8 Å². The van der Waals surface area contributed by atoms with E-state index in [-0.39, 0.29) is 6.03 Å². The number of nitrogens with zero attached hydrogens (tertiary/aromatic N) is 1. The van der Waals surface area contributed by atoms with Crippen molar-refractivity contribution in [3.05, 3.63) is 0 Å². The predicted molar refractivity (Wildman–Crippen MR) is 73.7 cm³/mol. The molecule has 0 aromatic rings. The van der Waals surface area contributed by atoms with E-state index >= 15 is 0 Å². The minimum atomic E-state index is -0.934. The van der Waals surface area contributed by atoms with Gasteiger partial charge in [0.25, 0.3) is 0 Å². The maximum Gasteiger partial charge on any atom is 0.328 e. The molecule has 1 saturated carbocycles. The van der Waals surface area contributed by atoms with Gasteiger partial charge in [-0.1, -0.05) is 6.42 Å². The smallest absolute Gasteiger partial charge is 0.328 e. The summed E-state index contributed by atoms with van der Waals surface area (Å²) >= 11 is 0. The zero-order chi connectivity index (χ0) is 15.6. The average molecular weight is 298 g/mol. The Bertz CT molecular complexity index is 453. The second-order valence-corrected chi connectivity index (χ2v) is 5.99. The van der Waals surface area contributed by atoms with Gasteiger partial charge in [-0.05, 0) is 32.6 Å². The lowest BCUT2D eigenvalue weighted by molar-refractivity contribution is -0.149. The molecule has 2 amide bonds. The SMILES string of the molecule is COC(=O)C1CCCN1C(=O)NC1CCCC1(C)C(=O)O. The summed E-state index contributed by atoms with van der Waals surface area (Å²) < 4.78 is 4.71. The fourth-order valence-corrected chi connectivity index (χ4v) is 3.28. The van der Waals surface area contributed by atoms with Crippen molar-refractivity contribution in [3.63, 3.8) is 0 Å². The Balaban J connectivity index is 2.04. The molecule has 3 atom stereocenters. The van der Waals surface area contributed by atoms with Gasteiger partial charge in [-0.2, -0.15) is 0 Å². The van der Waals surface area contributed by atoms with Crippen molar-refractivity contribution >= 4 is 18.0 Å². The van der Waals surface area contributed by atoms with Crippen LogP contribution in [0.3, 0.4) is 0 Å². The fourth-order valence-electron chi connectivity index (χ4n) is 3.28. The van der Waals surface area contributed by atoms with E-state index in [0.29, 0.717) is 25.8 Å². The molecule has 1 aliphatic carbocycles. The lowest BCUT2D eigenvalue weighted by Gasteiger charge is -2.31. The number of carbonyl (C=O) groups is 3. The molecule has 0 bridgehead atoms. The zero-order valence-electron chi connectivity index (χ0n) is 12.4. The van der Waals surface area contributed by atoms with Crippen molar-refractivity contribution in [2.75, 3.05) is 13.7 Å². The van der Waals surface area contributed by atoms with Crippen LogP contribution in [0.4, 0.5) is 4.79 Å². The average Bonchev–Trinajstić information content (AvgIpc) is 3.06. The molecule has 1 aliphatic heterocycles. The number of likely N-dealkylation sites (tertiary alicyclic amines) is 1. The number of aliphatic carboxylic acids is 1. The monoisotopic (exact) mass is 298 g/mol. The Kier molecular flexibility index (Phi) is 4.39. The number of carbonyl (C=O) groups excluding carboxylic acids is 2. The number of urea groups is 1. The molecule has 2 fully saturated rings. The number of rotatable bonds is 3. The van der Waals surface area contributed by atoms with Crippen LogP contribution in [0, 0.1) is 5.41 Å². The first kappa shape index (κ1) is 15.6. The van der Waals surface area contributed by atoms with Crippen molar-refractivity contribution in [1.29, 1.82) is 0 Å². The van der Waals surface area contributed by atoms with Gasteiger partial charge >= 0.3 is 18.0 Å². The molecule has 3 unspecified atom stereocenters. The van der Waals surface area contributed by atoms with Crippen molar-refractivity contribution in [3.8, 4) is 0 Å². The summed E-state index contributed by atoms with van der Waals surface area (Å²) in [6.45, 7) is 2.15. The third-order valence-corrected chi connectivity index (χ3v) is 4.73. The van der Waals surface area contributed by atoms with Gasteiger partial charge < -0.3 is 20.1 Å². The molecule has 7 nitrogen and oxygen atoms in total. The van der Waals surface area contributed by atoms with Crippen LogP contribution >= 0.6 is 0 Å². The number of carboxylic acid groups (broad SMARTS) is 1. The number of esters is 1. The highest BCUT2D eigenvalue weighted by Crippen LogP contribution is 2.38. The highest BCUT2D eigenvalue weighted by molar-refractivity contribution is 5.85. The first-order valence-electron chi connectivity index (χ1n) is 7.28. The Morgan fingerprint density at radius 2 is 2.00 bits per heavy atom. The molecular weight excluding hydrogens is 276 g/mol. The molecule has 2 N–H and O–H groups in total. The maximum absolute atomic E-state index is 12.4. The van der Waals surface area contributed by atoms with Crippen LogP contribution in [0.2, 0.25) is 0 Å². The van der Waals surface area contributed by atoms with Gasteiger partial charge in [0, 0.05) is 12.6 Å². The van der Waals surface area contributed by atoms with Crippen LogP contribution in [-0.4, -0.2) is 53.7 Å². The second-order valence-electron chi connectivity index (χ2n) is 5.99. The maximum atomic E-state index is 12.4. The normalized spacial score (nSPS) is 32.0. The van der Waals surface area contributed by atoms with Crippen molar-refractivity contribution in [2.45, 2.75) is 51.1 Å². The van der Waals surface area contributed by atoms with E-state index in [1.165, 1.54) is 12.0 Å². The highest BCUT2D eigenvalue weighted by Gasteiger charge is 2.47. The van der Waals surface area contributed by atoms with E-state index in [1.807, 2.05) is 0 Å². The fraction of sp³-hybridized carbons (Fsp3) is 0.786. The third-order valence-electron chi connectivity index (χ3n) is 4.73. The zero-order valence-corrected chi connectivity index (χ0v) is 12.4. The van der Waals surface area contributed by atoms with E-state index in [2.05, 4.69) is 5.32 Å².